The summed E-state index contributed by atoms with van der Waals surface area (Å²) in [4.78, 5) is 20.9. The van der Waals surface area contributed by atoms with Gasteiger partial charge in [0.2, 0.25) is 0 Å². The zero-order chi connectivity index (χ0) is 19.8. The number of hydrogen-bond donors (Lipinski definition) is 1. The molecule has 1 fully saturated rings. The Balaban J connectivity index is 1.71. The first kappa shape index (κ1) is 18.9. The van der Waals surface area contributed by atoms with Crippen molar-refractivity contribution in [3.63, 3.8) is 0 Å². The third-order valence-corrected chi connectivity index (χ3v) is 5.76. The van der Waals surface area contributed by atoms with E-state index in [4.69, 9.17) is 0 Å². The molecule has 3 aromatic rings. The van der Waals surface area contributed by atoms with E-state index in [0.29, 0.717) is 21.2 Å². The smallest absolute Gasteiger partial charge is 0.267 e. The molecule has 0 unspecified atom stereocenters. The molecule has 9 heteroatoms. The molecule has 0 saturated heterocycles. The molecule has 0 spiro atoms. The highest BCUT2D eigenvalue weighted by atomic mass is 79.9. The standard InChI is InChI=1S/C19H16BrF3N4O/c20-14-16-13(8-27(19(14)28)11-4-2-5-11)18(26-9-25-16)24-7-10-3-1-6-12(15(10)21)17(22)23/h1,3,6,8-9,11,17H,2,4-5,7H2,(H,24,25,26). The average molecular weight is 453 g/mol. The third kappa shape index (κ3) is 3.28. The Hall–Kier alpha value is -2.42. The number of rotatable bonds is 5. The quantitative estimate of drug-likeness (QED) is 0.593. The van der Waals surface area contributed by atoms with Gasteiger partial charge in [0.25, 0.3) is 12.0 Å². The summed E-state index contributed by atoms with van der Waals surface area (Å²) < 4.78 is 42.1. The van der Waals surface area contributed by atoms with Crippen molar-refractivity contribution in [1.82, 2.24) is 14.5 Å². The molecule has 1 aliphatic rings. The predicted molar refractivity (Wildman–Crippen MR) is 103 cm³/mol. The Morgan fingerprint density at radius 3 is 2.75 bits per heavy atom. The van der Waals surface area contributed by atoms with Crippen molar-refractivity contribution in [1.29, 1.82) is 0 Å². The molecular weight excluding hydrogens is 437 g/mol. The van der Waals surface area contributed by atoms with Gasteiger partial charge in [-0.05, 0) is 35.2 Å². The number of alkyl halides is 2. The number of aromatic nitrogens is 3. The van der Waals surface area contributed by atoms with Crippen LogP contribution in [0.5, 0.6) is 0 Å². The lowest BCUT2D eigenvalue weighted by atomic mass is 9.93. The summed E-state index contributed by atoms with van der Waals surface area (Å²) in [6.07, 6.45) is 3.06. The number of hydrogen-bond acceptors (Lipinski definition) is 4. The fourth-order valence-electron chi connectivity index (χ4n) is 3.27. The summed E-state index contributed by atoms with van der Waals surface area (Å²) in [7, 11) is 0. The van der Waals surface area contributed by atoms with E-state index < -0.39 is 17.8 Å². The van der Waals surface area contributed by atoms with E-state index in [1.165, 1.54) is 18.5 Å². The second kappa shape index (κ2) is 7.54. The molecule has 4 rings (SSSR count). The molecule has 0 aliphatic heterocycles. The monoisotopic (exact) mass is 452 g/mol. The molecule has 146 valence electrons. The van der Waals surface area contributed by atoms with Crippen molar-refractivity contribution in [2.24, 2.45) is 0 Å². The molecule has 2 heterocycles. The predicted octanol–water partition coefficient (Wildman–Crippen LogP) is 4.97. The number of anilines is 1. The number of nitrogens with zero attached hydrogens (tertiary/aromatic N) is 3. The molecule has 0 amide bonds. The number of nitrogens with one attached hydrogen (secondary N) is 1. The van der Waals surface area contributed by atoms with Crippen LogP contribution in [0.3, 0.4) is 0 Å². The van der Waals surface area contributed by atoms with Crippen LogP contribution in [0.25, 0.3) is 10.9 Å². The molecule has 28 heavy (non-hydrogen) atoms. The zero-order valence-corrected chi connectivity index (χ0v) is 16.2. The Bertz CT molecular complexity index is 1100. The summed E-state index contributed by atoms with van der Waals surface area (Å²) in [6, 6.07) is 4.04. The number of benzene rings is 1. The first-order valence-electron chi connectivity index (χ1n) is 8.82. The largest absolute Gasteiger partial charge is 0.365 e. The molecule has 0 atom stereocenters. The molecule has 1 N–H and O–H groups in total. The van der Waals surface area contributed by atoms with Gasteiger partial charge >= 0.3 is 0 Å². The minimum absolute atomic E-state index is 0.0291. The molecule has 0 radical (unpaired) electrons. The van der Waals surface area contributed by atoms with E-state index in [2.05, 4.69) is 31.2 Å². The van der Waals surface area contributed by atoms with E-state index in [-0.39, 0.29) is 23.7 Å². The van der Waals surface area contributed by atoms with E-state index >= 15 is 0 Å². The van der Waals surface area contributed by atoms with Crippen molar-refractivity contribution in [2.75, 3.05) is 5.32 Å². The fourth-order valence-corrected chi connectivity index (χ4v) is 3.79. The van der Waals surface area contributed by atoms with Gasteiger partial charge in [-0.15, -0.1) is 0 Å². The van der Waals surface area contributed by atoms with Crippen LogP contribution in [-0.4, -0.2) is 14.5 Å². The summed E-state index contributed by atoms with van der Waals surface area (Å²) in [5.41, 5.74) is -0.234. The average Bonchev–Trinajstić information content (AvgIpc) is 2.63. The van der Waals surface area contributed by atoms with E-state index in [0.717, 1.165) is 25.3 Å². The molecule has 0 bridgehead atoms. The van der Waals surface area contributed by atoms with E-state index in [1.807, 2.05) is 0 Å². The van der Waals surface area contributed by atoms with Crippen molar-refractivity contribution >= 4 is 32.7 Å². The van der Waals surface area contributed by atoms with Crippen LogP contribution >= 0.6 is 15.9 Å². The van der Waals surface area contributed by atoms with Crippen LogP contribution < -0.4 is 10.9 Å². The van der Waals surface area contributed by atoms with Crippen molar-refractivity contribution in [2.45, 2.75) is 38.3 Å². The normalized spacial score (nSPS) is 14.5. The summed E-state index contributed by atoms with van der Waals surface area (Å²) in [5, 5.41) is 3.59. The Morgan fingerprint density at radius 1 is 1.29 bits per heavy atom. The van der Waals surface area contributed by atoms with Crippen LogP contribution in [0.1, 0.15) is 42.9 Å². The van der Waals surface area contributed by atoms with Crippen LogP contribution in [0.15, 0.2) is 40.0 Å². The summed E-state index contributed by atoms with van der Waals surface area (Å²) in [5.74, 6) is -0.531. The summed E-state index contributed by atoms with van der Waals surface area (Å²) >= 11 is 3.33. The third-order valence-electron chi connectivity index (χ3n) is 5.04. The van der Waals surface area contributed by atoms with Crippen LogP contribution in [0, 0.1) is 5.82 Å². The second-order valence-electron chi connectivity index (χ2n) is 6.70. The lowest BCUT2D eigenvalue weighted by Crippen LogP contribution is -2.29. The van der Waals surface area contributed by atoms with Crippen molar-refractivity contribution in [3.8, 4) is 0 Å². The second-order valence-corrected chi connectivity index (χ2v) is 7.49. The highest BCUT2D eigenvalue weighted by Gasteiger charge is 2.23. The van der Waals surface area contributed by atoms with Gasteiger partial charge in [-0.3, -0.25) is 4.79 Å². The topological polar surface area (TPSA) is 59.8 Å². The SMILES string of the molecule is O=c1c(Br)c2ncnc(NCc3cccc(C(F)F)c3F)c2cn1C1CCC1. The van der Waals surface area contributed by atoms with Gasteiger partial charge in [0, 0.05) is 24.3 Å². The van der Waals surface area contributed by atoms with E-state index in [1.54, 1.807) is 10.8 Å². The van der Waals surface area contributed by atoms with Gasteiger partial charge in [-0.1, -0.05) is 18.2 Å². The Labute approximate surface area is 166 Å². The Kier molecular flexibility index (Phi) is 5.09. The number of fused-ring (bicyclic) bond motifs is 1. The lowest BCUT2D eigenvalue weighted by Gasteiger charge is -2.28. The zero-order valence-electron chi connectivity index (χ0n) is 14.6. The molecule has 1 saturated carbocycles. The first-order chi connectivity index (χ1) is 13.5. The van der Waals surface area contributed by atoms with Gasteiger partial charge in [0.05, 0.1) is 16.5 Å². The Morgan fingerprint density at radius 2 is 2.07 bits per heavy atom. The van der Waals surface area contributed by atoms with Crippen LogP contribution in [0.2, 0.25) is 0 Å². The maximum atomic E-state index is 14.3. The van der Waals surface area contributed by atoms with Gasteiger partial charge in [-0.25, -0.2) is 23.1 Å². The highest BCUT2D eigenvalue weighted by molar-refractivity contribution is 9.10. The minimum atomic E-state index is -2.88. The molecule has 5 nitrogen and oxygen atoms in total. The van der Waals surface area contributed by atoms with Gasteiger partial charge in [-0.2, -0.15) is 0 Å². The first-order valence-corrected chi connectivity index (χ1v) is 9.61. The van der Waals surface area contributed by atoms with Gasteiger partial charge in [0.1, 0.15) is 22.4 Å². The molecule has 2 aromatic heterocycles. The van der Waals surface area contributed by atoms with Crippen LogP contribution in [0.4, 0.5) is 19.0 Å². The molecule has 1 aliphatic carbocycles. The van der Waals surface area contributed by atoms with Crippen LogP contribution in [-0.2, 0) is 6.54 Å². The van der Waals surface area contributed by atoms with E-state index in [9.17, 15) is 18.0 Å². The van der Waals surface area contributed by atoms with Gasteiger partial charge < -0.3 is 9.88 Å². The lowest BCUT2D eigenvalue weighted by molar-refractivity contribution is 0.146. The number of halogens is 4. The number of pyridine rings is 1. The molecule has 1 aromatic carbocycles. The van der Waals surface area contributed by atoms with Gasteiger partial charge in [0.15, 0.2) is 0 Å². The highest BCUT2D eigenvalue weighted by Crippen LogP contribution is 2.33. The van der Waals surface area contributed by atoms with Crippen molar-refractivity contribution < 1.29 is 13.2 Å². The molecular formula is C19H16BrF3N4O. The fraction of sp³-hybridized carbons (Fsp3) is 0.316. The maximum absolute atomic E-state index is 14.3. The summed E-state index contributed by atoms with van der Waals surface area (Å²) in [6.45, 7) is -0.0291. The van der Waals surface area contributed by atoms with Crippen molar-refractivity contribution in [3.05, 3.63) is 62.5 Å². The maximum Gasteiger partial charge on any atom is 0.267 e. The minimum Gasteiger partial charge on any atom is -0.365 e.